The maximum atomic E-state index is 10.9. The Labute approximate surface area is 133 Å². The third kappa shape index (κ3) is 2.76. The molecule has 0 radical (unpaired) electrons. The highest BCUT2D eigenvalue weighted by Gasteiger charge is 2.42. The Balaban J connectivity index is 1.78. The first-order valence-electron chi connectivity index (χ1n) is 6.91. The van der Waals surface area contributed by atoms with Gasteiger partial charge < -0.3 is 30.5 Å². The summed E-state index contributed by atoms with van der Waals surface area (Å²) in [5.41, 5.74) is 0.101. The summed E-state index contributed by atoms with van der Waals surface area (Å²) in [6.45, 7) is -0.0816. The van der Waals surface area contributed by atoms with E-state index in [1.54, 1.807) is 0 Å². The minimum atomic E-state index is -1.65. The number of nitrogens with one attached hydrogen (secondary N) is 1. The minimum absolute atomic E-state index is 0.0504. The van der Waals surface area contributed by atoms with E-state index in [0.717, 1.165) is 0 Å². The van der Waals surface area contributed by atoms with Crippen molar-refractivity contribution in [3.63, 3.8) is 0 Å². The SMILES string of the molecule is O=[N+]([O-])c1ccc(NCC2OC(O)C(O)C(O)C2O)c2nonc12. The summed E-state index contributed by atoms with van der Waals surface area (Å²) in [7, 11) is 0. The van der Waals surface area contributed by atoms with Crippen LogP contribution in [0.1, 0.15) is 0 Å². The van der Waals surface area contributed by atoms with Gasteiger partial charge in [0, 0.05) is 12.6 Å². The van der Waals surface area contributed by atoms with E-state index in [1.807, 2.05) is 0 Å². The maximum Gasteiger partial charge on any atom is 0.300 e. The molecule has 5 atom stereocenters. The van der Waals surface area contributed by atoms with Gasteiger partial charge in [0.15, 0.2) is 11.8 Å². The van der Waals surface area contributed by atoms with Gasteiger partial charge in [0.05, 0.1) is 10.6 Å². The third-order valence-corrected chi connectivity index (χ3v) is 3.77. The monoisotopic (exact) mass is 342 g/mol. The Hall–Kier alpha value is -2.38. The molecule has 0 aliphatic carbocycles. The van der Waals surface area contributed by atoms with Gasteiger partial charge in [-0.2, -0.15) is 0 Å². The number of benzene rings is 1. The lowest BCUT2D eigenvalue weighted by Crippen LogP contribution is -2.59. The first-order valence-corrected chi connectivity index (χ1v) is 6.91. The van der Waals surface area contributed by atoms with Gasteiger partial charge in [-0.1, -0.05) is 0 Å². The van der Waals surface area contributed by atoms with Gasteiger partial charge in [-0.3, -0.25) is 10.1 Å². The van der Waals surface area contributed by atoms with E-state index < -0.39 is 35.6 Å². The van der Waals surface area contributed by atoms with E-state index in [4.69, 9.17) is 4.74 Å². The van der Waals surface area contributed by atoms with Crippen LogP contribution in [0.5, 0.6) is 0 Å². The van der Waals surface area contributed by atoms with Crippen molar-refractivity contribution >= 4 is 22.4 Å². The van der Waals surface area contributed by atoms with Crippen molar-refractivity contribution in [3.05, 3.63) is 22.2 Å². The van der Waals surface area contributed by atoms with Crippen LogP contribution in [0, 0.1) is 10.1 Å². The quantitative estimate of drug-likeness (QED) is 0.316. The summed E-state index contributed by atoms with van der Waals surface area (Å²) in [6, 6.07) is 2.59. The summed E-state index contributed by atoms with van der Waals surface area (Å²) in [5, 5.41) is 59.2. The second kappa shape index (κ2) is 6.26. The number of aliphatic hydroxyl groups is 4. The number of aliphatic hydroxyl groups excluding tert-OH is 4. The molecule has 2 heterocycles. The molecular weight excluding hydrogens is 328 g/mol. The Morgan fingerprint density at radius 3 is 2.54 bits per heavy atom. The molecule has 130 valence electrons. The molecule has 0 saturated carbocycles. The van der Waals surface area contributed by atoms with E-state index in [2.05, 4.69) is 20.3 Å². The fraction of sp³-hybridized carbons (Fsp3) is 0.500. The van der Waals surface area contributed by atoms with E-state index in [-0.39, 0.29) is 23.3 Å². The van der Waals surface area contributed by atoms with E-state index in [9.17, 15) is 30.5 Å². The molecule has 1 aromatic heterocycles. The number of hydrogen-bond acceptors (Lipinski definition) is 11. The molecule has 1 aromatic carbocycles. The number of rotatable bonds is 4. The molecule has 12 nitrogen and oxygen atoms in total. The van der Waals surface area contributed by atoms with Gasteiger partial charge in [-0.25, -0.2) is 4.63 Å². The molecule has 3 rings (SSSR count). The molecule has 12 heteroatoms. The second-order valence-electron chi connectivity index (χ2n) is 5.27. The number of anilines is 1. The van der Waals surface area contributed by atoms with Crippen LogP contribution in [-0.2, 0) is 4.74 Å². The summed E-state index contributed by atoms with van der Waals surface area (Å²) < 4.78 is 9.54. The number of aromatic nitrogens is 2. The fourth-order valence-corrected chi connectivity index (χ4v) is 2.45. The molecule has 24 heavy (non-hydrogen) atoms. The number of hydrogen-bond donors (Lipinski definition) is 5. The highest BCUT2D eigenvalue weighted by molar-refractivity contribution is 5.93. The number of ether oxygens (including phenoxy) is 1. The second-order valence-corrected chi connectivity index (χ2v) is 5.27. The molecule has 0 spiro atoms. The number of non-ortho nitro benzene ring substituents is 1. The molecule has 5 N–H and O–H groups in total. The fourth-order valence-electron chi connectivity index (χ4n) is 2.45. The summed E-state index contributed by atoms with van der Waals surface area (Å²) in [5.74, 6) is 0. The van der Waals surface area contributed by atoms with E-state index in [1.165, 1.54) is 12.1 Å². The van der Waals surface area contributed by atoms with Crippen LogP contribution in [0.25, 0.3) is 11.0 Å². The lowest BCUT2D eigenvalue weighted by Gasteiger charge is -2.38. The summed E-state index contributed by atoms with van der Waals surface area (Å²) >= 11 is 0. The van der Waals surface area contributed by atoms with Crippen molar-refractivity contribution in [1.82, 2.24) is 10.3 Å². The lowest BCUT2D eigenvalue weighted by molar-refractivity contribution is -0.383. The molecule has 1 saturated heterocycles. The first-order chi connectivity index (χ1) is 11.4. The molecule has 1 aliphatic rings. The largest absolute Gasteiger partial charge is 0.388 e. The smallest absolute Gasteiger partial charge is 0.300 e. The van der Waals surface area contributed by atoms with Crippen LogP contribution in [0.2, 0.25) is 0 Å². The van der Waals surface area contributed by atoms with Crippen molar-refractivity contribution in [2.75, 3.05) is 11.9 Å². The molecule has 0 bridgehead atoms. The zero-order valence-electron chi connectivity index (χ0n) is 12.0. The first kappa shape index (κ1) is 16.5. The summed E-state index contributed by atoms with van der Waals surface area (Å²) in [4.78, 5) is 10.3. The van der Waals surface area contributed by atoms with Crippen LogP contribution < -0.4 is 5.32 Å². The van der Waals surface area contributed by atoms with Crippen LogP contribution in [0.3, 0.4) is 0 Å². The Kier molecular flexibility index (Phi) is 4.29. The van der Waals surface area contributed by atoms with Gasteiger partial charge in [0.1, 0.15) is 24.4 Å². The minimum Gasteiger partial charge on any atom is -0.388 e. The zero-order valence-corrected chi connectivity index (χ0v) is 12.0. The van der Waals surface area contributed by atoms with Gasteiger partial charge in [-0.15, -0.1) is 0 Å². The highest BCUT2D eigenvalue weighted by Crippen LogP contribution is 2.29. The molecule has 5 unspecified atom stereocenters. The molecule has 1 fully saturated rings. The van der Waals surface area contributed by atoms with Crippen LogP contribution in [0.4, 0.5) is 11.4 Å². The predicted octanol–water partition coefficient (Wildman–Crippen LogP) is -1.66. The number of fused-ring (bicyclic) bond motifs is 1. The van der Waals surface area contributed by atoms with Crippen molar-refractivity contribution in [2.45, 2.75) is 30.7 Å². The van der Waals surface area contributed by atoms with E-state index in [0.29, 0.717) is 5.69 Å². The average molecular weight is 342 g/mol. The lowest BCUT2D eigenvalue weighted by atomic mass is 9.99. The highest BCUT2D eigenvalue weighted by atomic mass is 16.6. The predicted molar refractivity (Wildman–Crippen MR) is 75.8 cm³/mol. The standard InChI is InChI=1S/C12H14N4O8/c17-9-6(23-12(20)11(19)10(9)18)3-13-4-1-2-5(16(21)22)8-7(4)14-24-15-8/h1-2,6,9-13,17-20H,3H2. The average Bonchev–Trinajstić information content (AvgIpc) is 3.04. The maximum absolute atomic E-state index is 10.9. The Morgan fingerprint density at radius 1 is 1.12 bits per heavy atom. The van der Waals surface area contributed by atoms with Crippen LogP contribution >= 0.6 is 0 Å². The number of nitrogens with zero attached hydrogens (tertiary/aromatic N) is 3. The third-order valence-electron chi connectivity index (χ3n) is 3.77. The molecule has 2 aromatic rings. The number of nitro benzene ring substituents is 1. The topological polar surface area (TPSA) is 184 Å². The molecule has 1 aliphatic heterocycles. The van der Waals surface area contributed by atoms with Crippen LogP contribution in [0.15, 0.2) is 16.8 Å². The van der Waals surface area contributed by atoms with Gasteiger partial charge >= 0.3 is 5.69 Å². The van der Waals surface area contributed by atoms with Crippen molar-refractivity contribution in [2.24, 2.45) is 0 Å². The Bertz CT molecular complexity index is 752. The normalized spacial score (nSPS) is 30.4. The van der Waals surface area contributed by atoms with Crippen molar-refractivity contribution < 1.29 is 34.7 Å². The Morgan fingerprint density at radius 2 is 1.83 bits per heavy atom. The van der Waals surface area contributed by atoms with Crippen molar-refractivity contribution in [3.8, 4) is 0 Å². The molecular formula is C12H14N4O8. The van der Waals surface area contributed by atoms with Gasteiger partial charge in [0.25, 0.3) is 0 Å². The van der Waals surface area contributed by atoms with Crippen molar-refractivity contribution in [1.29, 1.82) is 0 Å². The zero-order chi connectivity index (χ0) is 17.4. The summed E-state index contributed by atoms with van der Waals surface area (Å²) in [6.07, 6.45) is -7.34. The van der Waals surface area contributed by atoms with Gasteiger partial charge in [0.2, 0.25) is 5.52 Å². The van der Waals surface area contributed by atoms with Crippen LogP contribution in [-0.4, -0.2) is 72.9 Å². The van der Waals surface area contributed by atoms with E-state index >= 15 is 0 Å². The molecule has 0 amide bonds. The van der Waals surface area contributed by atoms with Gasteiger partial charge in [-0.05, 0) is 16.4 Å². The number of nitro groups is 1.